The summed E-state index contributed by atoms with van der Waals surface area (Å²) in [6.07, 6.45) is 2.26. The van der Waals surface area contributed by atoms with Crippen molar-refractivity contribution >= 4 is 11.9 Å². The van der Waals surface area contributed by atoms with E-state index in [1.165, 1.54) is 16.7 Å². The smallest absolute Gasteiger partial charge is 0.338 e. The minimum atomic E-state index is -0.708. The third kappa shape index (κ3) is 3.93. The molecule has 32 heavy (non-hydrogen) atoms. The van der Waals surface area contributed by atoms with Crippen LogP contribution in [0.1, 0.15) is 56.3 Å². The molecule has 0 radical (unpaired) electrons. The standard InChI is InChI=1S/C26H30N2O4/c1-16-3-4-19-11-21(6-5-18(19)9-16)28-8-7-27(14-25(28)30)13-24(29)22-12-20-15-32-26(31)23(20)10-17(22)2/h3-4,9-10,12,21,24,29H,5-8,11,13-15H2,1-2H3. The summed E-state index contributed by atoms with van der Waals surface area (Å²) in [5, 5.41) is 10.9. The second-order valence-corrected chi connectivity index (χ2v) is 9.45. The highest BCUT2D eigenvalue weighted by atomic mass is 16.5. The molecule has 0 aromatic heterocycles. The van der Waals surface area contributed by atoms with Gasteiger partial charge in [0.25, 0.3) is 0 Å². The fourth-order valence-electron chi connectivity index (χ4n) is 5.41. The van der Waals surface area contributed by atoms with Crippen molar-refractivity contribution in [1.29, 1.82) is 0 Å². The number of rotatable bonds is 4. The highest BCUT2D eigenvalue weighted by Crippen LogP contribution is 2.29. The quantitative estimate of drug-likeness (QED) is 0.750. The van der Waals surface area contributed by atoms with Crippen LogP contribution >= 0.6 is 0 Å². The maximum atomic E-state index is 13.0. The van der Waals surface area contributed by atoms with Gasteiger partial charge >= 0.3 is 5.97 Å². The lowest BCUT2D eigenvalue weighted by Crippen LogP contribution is -2.55. The van der Waals surface area contributed by atoms with Crippen LogP contribution < -0.4 is 0 Å². The van der Waals surface area contributed by atoms with E-state index in [4.69, 9.17) is 4.74 Å². The zero-order valence-electron chi connectivity index (χ0n) is 18.8. The number of esters is 1. The van der Waals surface area contributed by atoms with E-state index >= 15 is 0 Å². The molecule has 6 nitrogen and oxygen atoms in total. The summed E-state index contributed by atoms with van der Waals surface area (Å²) in [5.74, 6) is -0.153. The number of cyclic esters (lactones) is 1. The summed E-state index contributed by atoms with van der Waals surface area (Å²) in [6, 6.07) is 10.6. The average molecular weight is 435 g/mol. The van der Waals surface area contributed by atoms with Crippen molar-refractivity contribution in [3.05, 3.63) is 69.3 Å². The van der Waals surface area contributed by atoms with Gasteiger partial charge in [0, 0.05) is 31.2 Å². The number of piperazine rings is 1. The first-order chi connectivity index (χ1) is 15.4. The zero-order chi connectivity index (χ0) is 22.4. The molecule has 1 aliphatic carbocycles. The van der Waals surface area contributed by atoms with E-state index in [-0.39, 0.29) is 24.5 Å². The SMILES string of the molecule is Cc1ccc2c(c1)CCC(N1CCN(CC(O)c3cc4c(cc3C)C(=O)OC4)CC1=O)C2. The minimum Gasteiger partial charge on any atom is -0.457 e. The molecule has 2 aliphatic heterocycles. The van der Waals surface area contributed by atoms with E-state index in [1.54, 1.807) is 6.07 Å². The lowest BCUT2D eigenvalue weighted by atomic mass is 9.86. The van der Waals surface area contributed by atoms with Crippen LogP contribution in [0, 0.1) is 13.8 Å². The normalized spacial score (nSPS) is 21.8. The van der Waals surface area contributed by atoms with Crippen molar-refractivity contribution in [3.8, 4) is 0 Å². The second kappa shape index (κ2) is 8.34. The zero-order valence-corrected chi connectivity index (χ0v) is 18.8. The summed E-state index contributed by atoms with van der Waals surface area (Å²) in [7, 11) is 0. The first-order valence-electron chi connectivity index (χ1n) is 11.5. The lowest BCUT2D eigenvalue weighted by molar-refractivity contribution is -0.139. The van der Waals surface area contributed by atoms with E-state index in [2.05, 4.69) is 30.0 Å². The van der Waals surface area contributed by atoms with Crippen LogP contribution in [-0.4, -0.2) is 59.0 Å². The van der Waals surface area contributed by atoms with Crippen LogP contribution in [0.3, 0.4) is 0 Å². The highest BCUT2D eigenvalue weighted by molar-refractivity contribution is 5.93. The Balaban J connectivity index is 1.21. The summed E-state index contributed by atoms with van der Waals surface area (Å²) < 4.78 is 5.09. The van der Waals surface area contributed by atoms with Gasteiger partial charge in [-0.3, -0.25) is 9.69 Å². The number of hydrogen-bond acceptors (Lipinski definition) is 5. The molecule has 1 amide bonds. The molecule has 3 aliphatic rings. The number of β-amino-alcohol motifs (C(OH)–C–C–N with tert-alkyl or cyclic N) is 1. The predicted molar refractivity (Wildman–Crippen MR) is 120 cm³/mol. The van der Waals surface area contributed by atoms with Crippen molar-refractivity contribution in [2.24, 2.45) is 0 Å². The number of nitrogens with zero attached hydrogens (tertiary/aromatic N) is 2. The van der Waals surface area contributed by atoms with Gasteiger partial charge in [0.2, 0.25) is 5.91 Å². The van der Waals surface area contributed by atoms with E-state index < -0.39 is 6.10 Å². The Hall–Kier alpha value is -2.70. The fraction of sp³-hybridized carbons (Fsp3) is 0.462. The van der Waals surface area contributed by atoms with Gasteiger partial charge in [0.15, 0.2) is 0 Å². The first kappa shape index (κ1) is 21.2. The van der Waals surface area contributed by atoms with Gasteiger partial charge in [-0.1, -0.05) is 23.8 Å². The molecule has 2 aromatic carbocycles. The molecule has 0 spiro atoms. The van der Waals surface area contributed by atoms with Gasteiger partial charge in [-0.25, -0.2) is 4.79 Å². The largest absolute Gasteiger partial charge is 0.457 e. The Morgan fingerprint density at radius 2 is 1.94 bits per heavy atom. The van der Waals surface area contributed by atoms with Gasteiger partial charge in [-0.15, -0.1) is 0 Å². The van der Waals surface area contributed by atoms with E-state index in [0.29, 0.717) is 25.2 Å². The lowest BCUT2D eigenvalue weighted by Gasteiger charge is -2.41. The van der Waals surface area contributed by atoms with E-state index in [1.807, 2.05) is 17.9 Å². The second-order valence-electron chi connectivity index (χ2n) is 9.45. The molecule has 2 atom stereocenters. The molecule has 168 valence electrons. The Morgan fingerprint density at radius 3 is 2.75 bits per heavy atom. The number of carbonyl (C=O) groups is 2. The number of aliphatic hydroxyl groups excluding tert-OH is 1. The highest BCUT2D eigenvalue weighted by Gasteiger charge is 2.33. The van der Waals surface area contributed by atoms with Gasteiger partial charge in [0.05, 0.1) is 18.2 Å². The molecule has 2 heterocycles. The molecule has 1 saturated heterocycles. The molecule has 1 N–H and O–H groups in total. The van der Waals surface area contributed by atoms with Gasteiger partial charge in [-0.2, -0.15) is 0 Å². The summed E-state index contributed by atoms with van der Waals surface area (Å²) in [5.41, 5.74) is 7.17. The molecular weight excluding hydrogens is 404 g/mol. The minimum absolute atomic E-state index is 0.147. The Kier molecular flexibility index (Phi) is 5.51. The predicted octanol–water partition coefficient (Wildman–Crippen LogP) is 2.71. The number of fused-ring (bicyclic) bond motifs is 2. The Morgan fingerprint density at radius 1 is 1.09 bits per heavy atom. The maximum absolute atomic E-state index is 13.0. The summed E-state index contributed by atoms with van der Waals surface area (Å²) >= 11 is 0. The fourth-order valence-corrected chi connectivity index (χ4v) is 5.41. The monoisotopic (exact) mass is 434 g/mol. The average Bonchev–Trinajstić information content (AvgIpc) is 3.12. The third-order valence-electron chi connectivity index (χ3n) is 7.20. The van der Waals surface area contributed by atoms with Gasteiger partial charge < -0.3 is 14.7 Å². The van der Waals surface area contributed by atoms with Crippen LogP contribution in [0.25, 0.3) is 0 Å². The molecule has 0 bridgehead atoms. The van der Waals surface area contributed by atoms with Gasteiger partial charge in [0.1, 0.15) is 6.61 Å². The van der Waals surface area contributed by atoms with Crippen LogP contribution in [0.5, 0.6) is 0 Å². The molecule has 1 fully saturated rings. The van der Waals surface area contributed by atoms with Crippen molar-refractivity contribution in [1.82, 2.24) is 9.80 Å². The van der Waals surface area contributed by atoms with Crippen molar-refractivity contribution in [3.63, 3.8) is 0 Å². The van der Waals surface area contributed by atoms with Crippen LogP contribution in [0.4, 0.5) is 0 Å². The Labute approximate surface area is 188 Å². The number of ether oxygens (including phenoxy) is 1. The first-order valence-corrected chi connectivity index (χ1v) is 11.5. The summed E-state index contributed by atoms with van der Waals surface area (Å²) in [4.78, 5) is 28.8. The number of aryl methyl sites for hydroxylation is 3. The van der Waals surface area contributed by atoms with E-state index in [0.717, 1.165) is 42.5 Å². The molecule has 6 heteroatoms. The van der Waals surface area contributed by atoms with Crippen molar-refractivity contribution in [2.45, 2.75) is 51.9 Å². The third-order valence-corrected chi connectivity index (χ3v) is 7.20. The van der Waals surface area contributed by atoms with Crippen molar-refractivity contribution in [2.75, 3.05) is 26.2 Å². The summed E-state index contributed by atoms with van der Waals surface area (Å²) in [6.45, 7) is 6.47. The Bertz CT molecular complexity index is 1080. The number of carbonyl (C=O) groups excluding carboxylic acids is 2. The van der Waals surface area contributed by atoms with Crippen LogP contribution in [0.2, 0.25) is 0 Å². The maximum Gasteiger partial charge on any atom is 0.338 e. The molecule has 2 unspecified atom stereocenters. The van der Waals surface area contributed by atoms with E-state index in [9.17, 15) is 14.7 Å². The van der Waals surface area contributed by atoms with Crippen LogP contribution in [0.15, 0.2) is 30.3 Å². The number of amides is 1. The number of benzene rings is 2. The molecule has 5 rings (SSSR count). The number of hydrogen-bond donors (Lipinski definition) is 1. The van der Waals surface area contributed by atoms with Gasteiger partial charge in [-0.05, 0) is 67.5 Å². The molecule has 2 aromatic rings. The van der Waals surface area contributed by atoms with Crippen molar-refractivity contribution < 1.29 is 19.4 Å². The topological polar surface area (TPSA) is 70.1 Å². The molecule has 0 saturated carbocycles. The molecular formula is C26H30N2O4. The number of aliphatic hydroxyl groups is 1. The van der Waals surface area contributed by atoms with Crippen LogP contribution in [-0.2, 0) is 29.0 Å².